The number of para-hydroxylation sites is 1. The van der Waals surface area contributed by atoms with Crippen molar-refractivity contribution >= 4 is 39.0 Å². The van der Waals surface area contributed by atoms with Crippen molar-refractivity contribution in [3.8, 4) is 22.3 Å². The summed E-state index contributed by atoms with van der Waals surface area (Å²) >= 11 is 0. The van der Waals surface area contributed by atoms with Crippen molar-refractivity contribution in [3.05, 3.63) is 293 Å². The van der Waals surface area contributed by atoms with Gasteiger partial charge in [0.25, 0.3) is 0 Å². The first kappa shape index (κ1) is 36.5. The number of benzene rings is 10. The molecule has 64 heavy (non-hydrogen) atoms. The summed E-state index contributed by atoms with van der Waals surface area (Å²) in [6.07, 6.45) is 0. The first-order valence-electron chi connectivity index (χ1n) is 22.2. The van der Waals surface area contributed by atoms with Gasteiger partial charge in [0.2, 0.25) is 0 Å². The Morgan fingerprint density at radius 2 is 0.750 bits per heavy atom. The van der Waals surface area contributed by atoms with E-state index in [0.717, 1.165) is 39.0 Å². The van der Waals surface area contributed by atoms with Gasteiger partial charge >= 0.3 is 0 Å². The third-order valence-electron chi connectivity index (χ3n) is 14.0. The average molecular weight is 816 g/mol. The molecule has 0 saturated heterocycles. The van der Waals surface area contributed by atoms with Crippen LogP contribution in [0.3, 0.4) is 0 Å². The van der Waals surface area contributed by atoms with Crippen molar-refractivity contribution in [3.63, 3.8) is 0 Å². The van der Waals surface area contributed by atoms with Gasteiger partial charge in [0.15, 0.2) is 0 Å². The molecule has 10 aromatic carbocycles. The van der Waals surface area contributed by atoms with Gasteiger partial charge in [-0.2, -0.15) is 0 Å². The molecule has 0 saturated carbocycles. The lowest BCUT2D eigenvalue weighted by molar-refractivity contribution is 0.669. The number of rotatable bonds is 7. The predicted molar refractivity (Wildman–Crippen MR) is 263 cm³/mol. The lowest BCUT2D eigenvalue weighted by Crippen LogP contribution is -2.29. The van der Waals surface area contributed by atoms with Gasteiger partial charge in [0, 0.05) is 27.7 Å². The van der Waals surface area contributed by atoms with E-state index in [1.54, 1.807) is 0 Å². The van der Waals surface area contributed by atoms with Gasteiger partial charge in [-0.25, -0.2) is 0 Å². The van der Waals surface area contributed by atoms with E-state index in [9.17, 15) is 0 Å². The normalized spacial score (nSPS) is 13.9. The number of nitrogens with zero attached hydrogens (tertiary/aromatic N) is 1. The van der Waals surface area contributed by atoms with Crippen LogP contribution in [-0.4, -0.2) is 0 Å². The highest BCUT2D eigenvalue weighted by Crippen LogP contribution is 2.61. The van der Waals surface area contributed by atoms with Crippen molar-refractivity contribution in [1.29, 1.82) is 0 Å². The van der Waals surface area contributed by atoms with Crippen molar-refractivity contribution in [2.45, 2.75) is 10.8 Å². The van der Waals surface area contributed by atoms with Crippen molar-refractivity contribution in [1.82, 2.24) is 0 Å². The number of fused-ring (bicyclic) bond motifs is 9. The molecule has 0 unspecified atom stereocenters. The Morgan fingerprint density at radius 3 is 1.39 bits per heavy atom. The molecule has 2 aliphatic carbocycles. The molecule has 0 spiro atoms. The Hall–Kier alpha value is -8.20. The zero-order chi connectivity index (χ0) is 42.2. The van der Waals surface area contributed by atoms with Crippen LogP contribution < -0.4 is 4.90 Å². The Labute approximate surface area is 373 Å². The zero-order valence-electron chi connectivity index (χ0n) is 35.0. The maximum absolute atomic E-state index is 6.45. The van der Waals surface area contributed by atoms with Crippen LogP contribution in [0.5, 0.6) is 0 Å². The molecule has 0 aliphatic heterocycles. The summed E-state index contributed by atoms with van der Waals surface area (Å²) in [5.41, 5.74) is 19.0. The topological polar surface area (TPSA) is 16.4 Å². The van der Waals surface area contributed by atoms with Gasteiger partial charge in [-0.15, -0.1) is 0 Å². The fraction of sp³-hybridized carbons (Fsp3) is 0.0323. The van der Waals surface area contributed by atoms with Gasteiger partial charge in [-0.1, -0.05) is 206 Å². The quantitative estimate of drug-likeness (QED) is 0.159. The van der Waals surface area contributed by atoms with Gasteiger partial charge < -0.3 is 9.32 Å². The minimum absolute atomic E-state index is 0.545. The molecule has 0 bridgehead atoms. The van der Waals surface area contributed by atoms with E-state index < -0.39 is 10.8 Å². The Balaban J connectivity index is 1.14. The molecule has 0 radical (unpaired) electrons. The number of hydrogen-bond donors (Lipinski definition) is 0. The molecule has 300 valence electrons. The van der Waals surface area contributed by atoms with Gasteiger partial charge in [0.1, 0.15) is 11.2 Å². The Kier molecular flexibility index (Phi) is 8.07. The number of anilines is 3. The van der Waals surface area contributed by atoms with E-state index in [4.69, 9.17) is 4.42 Å². The Morgan fingerprint density at radius 1 is 0.297 bits per heavy atom. The highest BCUT2D eigenvalue weighted by molar-refractivity contribution is 6.07. The molecule has 1 aromatic heterocycles. The molecule has 0 fully saturated rings. The average Bonchev–Trinajstić information content (AvgIpc) is 4.00. The Bertz CT molecular complexity index is 3470. The monoisotopic (exact) mass is 815 g/mol. The first-order chi connectivity index (χ1) is 31.8. The van der Waals surface area contributed by atoms with E-state index in [1.165, 1.54) is 66.8 Å². The molecule has 11 aromatic rings. The summed E-state index contributed by atoms with van der Waals surface area (Å²) in [5.74, 6) is 0. The number of furan rings is 1. The highest BCUT2D eigenvalue weighted by atomic mass is 16.3. The first-order valence-corrected chi connectivity index (χ1v) is 22.2. The fourth-order valence-electron chi connectivity index (χ4n) is 11.5. The molecule has 2 nitrogen and oxygen atoms in total. The van der Waals surface area contributed by atoms with Crippen LogP contribution in [0.2, 0.25) is 0 Å². The smallest absolute Gasteiger partial charge is 0.135 e. The van der Waals surface area contributed by atoms with Crippen molar-refractivity contribution < 1.29 is 4.42 Å². The van der Waals surface area contributed by atoms with Crippen LogP contribution in [0.15, 0.2) is 253 Å². The molecule has 2 aliphatic rings. The SMILES string of the molecule is c1ccc(C2(c3ccccc3)c3ccccc3-c3ccc(N(c4ccc5oc6ccccc6c5c4)c4cccc5c4-c4ccccc4C5(c4ccccc4)c4ccccc4)cc32)cc1. The van der Waals surface area contributed by atoms with Crippen LogP contribution in [0, 0.1) is 0 Å². The van der Waals surface area contributed by atoms with Crippen molar-refractivity contribution in [2.75, 3.05) is 4.90 Å². The summed E-state index contributed by atoms with van der Waals surface area (Å²) < 4.78 is 6.45. The second-order valence-corrected chi connectivity index (χ2v) is 17.1. The van der Waals surface area contributed by atoms with Crippen LogP contribution in [-0.2, 0) is 10.8 Å². The van der Waals surface area contributed by atoms with Crippen LogP contribution in [0.25, 0.3) is 44.2 Å². The molecule has 0 amide bonds. The summed E-state index contributed by atoms with van der Waals surface area (Å²) in [6, 6.07) is 91.6. The lowest BCUT2D eigenvalue weighted by Gasteiger charge is -2.35. The summed E-state index contributed by atoms with van der Waals surface area (Å²) in [4.78, 5) is 2.51. The molecule has 0 N–H and O–H groups in total. The van der Waals surface area contributed by atoms with E-state index in [0.29, 0.717) is 0 Å². The molecule has 13 rings (SSSR count). The van der Waals surface area contributed by atoms with Crippen LogP contribution in [0.4, 0.5) is 17.1 Å². The summed E-state index contributed by atoms with van der Waals surface area (Å²) in [5, 5.41) is 2.19. The van der Waals surface area contributed by atoms with E-state index in [1.807, 2.05) is 6.07 Å². The zero-order valence-corrected chi connectivity index (χ0v) is 35.0. The summed E-state index contributed by atoms with van der Waals surface area (Å²) in [7, 11) is 0. The van der Waals surface area contributed by atoms with E-state index in [-0.39, 0.29) is 0 Å². The fourth-order valence-corrected chi connectivity index (χ4v) is 11.5. The maximum Gasteiger partial charge on any atom is 0.135 e. The third kappa shape index (κ3) is 5.02. The second kappa shape index (κ2) is 14.2. The molecule has 2 heteroatoms. The van der Waals surface area contributed by atoms with E-state index in [2.05, 4.69) is 248 Å². The second-order valence-electron chi connectivity index (χ2n) is 17.1. The lowest BCUT2D eigenvalue weighted by atomic mass is 9.67. The number of hydrogen-bond acceptors (Lipinski definition) is 2. The summed E-state index contributed by atoms with van der Waals surface area (Å²) in [6.45, 7) is 0. The highest BCUT2D eigenvalue weighted by Gasteiger charge is 2.49. The van der Waals surface area contributed by atoms with Gasteiger partial charge in [-0.05, 0) is 104 Å². The third-order valence-corrected chi connectivity index (χ3v) is 14.0. The largest absolute Gasteiger partial charge is 0.456 e. The van der Waals surface area contributed by atoms with E-state index >= 15 is 0 Å². The van der Waals surface area contributed by atoms with Crippen LogP contribution in [0.1, 0.15) is 44.5 Å². The molecule has 1 heterocycles. The maximum atomic E-state index is 6.45. The minimum atomic E-state index is -0.554. The van der Waals surface area contributed by atoms with Crippen molar-refractivity contribution in [2.24, 2.45) is 0 Å². The van der Waals surface area contributed by atoms with Gasteiger partial charge in [-0.3, -0.25) is 0 Å². The standard InChI is InChI=1S/C62H41NO/c1-5-20-42(21-6-1)61(43-22-7-2-8-23-43)54-32-17-14-30-51(54)60-55(61)33-19-34-57(60)63(46-37-39-59-52(40-46)50-29-15-18-35-58(50)64-59)47-36-38-49-48-28-13-16-31-53(48)62(56(49)41-47,44-24-9-3-10-25-44)45-26-11-4-12-27-45/h1-41H. The minimum Gasteiger partial charge on any atom is -0.456 e. The molecular formula is C62H41NO. The molecular weight excluding hydrogens is 775 g/mol. The van der Waals surface area contributed by atoms with Crippen LogP contribution >= 0.6 is 0 Å². The predicted octanol–water partition coefficient (Wildman–Crippen LogP) is 15.8. The van der Waals surface area contributed by atoms with Gasteiger partial charge in [0.05, 0.1) is 16.5 Å². The molecule has 0 atom stereocenters.